The van der Waals surface area contributed by atoms with Crippen molar-refractivity contribution in [3.63, 3.8) is 0 Å². The number of primary amides is 1. The number of piperidine rings is 1. The fraction of sp³-hybridized carbons (Fsp3) is 0.409. The molecule has 1 aliphatic rings. The molecular formula is C22H28N2OS. The van der Waals surface area contributed by atoms with Crippen LogP contribution >= 0.6 is 11.8 Å². The molecule has 26 heavy (non-hydrogen) atoms. The van der Waals surface area contributed by atoms with Crippen LogP contribution in [0.5, 0.6) is 0 Å². The van der Waals surface area contributed by atoms with E-state index in [1.54, 1.807) is 17.8 Å². The van der Waals surface area contributed by atoms with Gasteiger partial charge in [0.25, 0.3) is 0 Å². The van der Waals surface area contributed by atoms with Crippen molar-refractivity contribution < 1.29 is 4.79 Å². The quantitative estimate of drug-likeness (QED) is 0.800. The average molecular weight is 369 g/mol. The number of benzene rings is 2. The number of nitrogens with zero attached hydrogens (tertiary/aromatic N) is 1. The molecule has 1 fully saturated rings. The molecule has 2 N–H and O–H groups in total. The Kier molecular flexibility index (Phi) is 5.73. The molecule has 3 nitrogen and oxygen atoms in total. The maximum atomic E-state index is 11.5. The standard InChI is InChI=1S/C22H28N2OS/c1-16-14-24(15-17-7-9-20(26-3)10-8-17)12-11-22(16,2)19-6-4-5-18(13-19)21(23)25/h4-10,13,16H,11-12,14-15H2,1-3H3,(H2,23,25)/t16-,22+/m0/s1. The van der Waals surface area contributed by atoms with Crippen LogP contribution in [0.4, 0.5) is 0 Å². The summed E-state index contributed by atoms with van der Waals surface area (Å²) in [6, 6.07) is 16.7. The topological polar surface area (TPSA) is 46.3 Å². The SMILES string of the molecule is CSc1ccc(CN2CC[C@@](C)(c3cccc(C(N)=O)c3)[C@@H](C)C2)cc1. The first-order valence-corrected chi connectivity index (χ1v) is 10.4. The smallest absolute Gasteiger partial charge is 0.248 e. The van der Waals surface area contributed by atoms with Crippen molar-refractivity contribution in [3.05, 3.63) is 65.2 Å². The van der Waals surface area contributed by atoms with Gasteiger partial charge in [0, 0.05) is 23.5 Å². The molecular weight excluding hydrogens is 340 g/mol. The first-order chi connectivity index (χ1) is 12.4. The number of likely N-dealkylation sites (tertiary alicyclic amines) is 1. The Morgan fingerprint density at radius 2 is 2.00 bits per heavy atom. The zero-order valence-corrected chi connectivity index (χ0v) is 16.7. The van der Waals surface area contributed by atoms with E-state index in [2.05, 4.69) is 55.3 Å². The van der Waals surface area contributed by atoms with Crippen molar-refractivity contribution in [2.75, 3.05) is 19.3 Å². The van der Waals surface area contributed by atoms with Gasteiger partial charge >= 0.3 is 0 Å². The number of nitrogens with two attached hydrogens (primary N) is 1. The monoisotopic (exact) mass is 368 g/mol. The van der Waals surface area contributed by atoms with Crippen molar-refractivity contribution in [2.24, 2.45) is 11.7 Å². The summed E-state index contributed by atoms with van der Waals surface area (Å²) >= 11 is 1.78. The Bertz CT molecular complexity index is 774. The minimum absolute atomic E-state index is 0.0741. The minimum Gasteiger partial charge on any atom is -0.366 e. The van der Waals surface area contributed by atoms with Crippen molar-refractivity contribution in [1.29, 1.82) is 0 Å². The van der Waals surface area contributed by atoms with Crippen LogP contribution in [0.1, 0.15) is 41.8 Å². The van der Waals surface area contributed by atoms with Crippen LogP contribution in [-0.4, -0.2) is 30.2 Å². The molecule has 2 aromatic carbocycles. The van der Waals surface area contributed by atoms with Gasteiger partial charge in [-0.2, -0.15) is 0 Å². The predicted molar refractivity (Wildman–Crippen MR) is 110 cm³/mol. The summed E-state index contributed by atoms with van der Waals surface area (Å²) < 4.78 is 0. The molecule has 1 aliphatic heterocycles. The lowest BCUT2D eigenvalue weighted by molar-refractivity contribution is 0.0996. The van der Waals surface area contributed by atoms with Gasteiger partial charge in [0.1, 0.15) is 0 Å². The van der Waals surface area contributed by atoms with E-state index in [0.717, 1.165) is 26.1 Å². The number of hydrogen-bond donors (Lipinski definition) is 1. The molecule has 4 heteroatoms. The molecule has 3 rings (SSSR count). The van der Waals surface area contributed by atoms with E-state index in [1.807, 2.05) is 12.1 Å². The van der Waals surface area contributed by atoms with E-state index in [-0.39, 0.29) is 11.3 Å². The molecule has 0 radical (unpaired) electrons. The largest absolute Gasteiger partial charge is 0.366 e. The van der Waals surface area contributed by atoms with Crippen LogP contribution in [0.2, 0.25) is 0 Å². The second-order valence-electron chi connectivity index (χ2n) is 7.60. The molecule has 1 heterocycles. The summed E-state index contributed by atoms with van der Waals surface area (Å²) in [6.07, 6.45) is 3.19. The number of hydrogen-bond acceptors (Lipinski definition) is 3. The van der Waals surface area contributed by atoms with E-state index in [0.29, 0.717) is 11.5 Å². The minimum atomic E-state index is -0.353. The van der Waals surface area contributed by atoms with E-state index in [9.17, 15) is 4.79 Å². The Balaban J connectivity index is 1.70. The van der Waals surface area contributed by atoms with Crippen LogP contribution in [0.25, 0.3) is 0 Å². The van der Waals surface area contributed by atoms with Gasteiger partial charge in [0.2, 0.25) is 5.91 Å². The molecule has 0 aliphatic carbocycles. The Labute approximate surface area is 161 Å². The van der Waals surface area contributed by atoms with Crippen molar-refractivity contribution in [1.82, 2.24) is 4.90 Å². The van der Waals surface area contributed by atoms with Gasteiger partial charge in [-0.05, 0) is 65.9 Å². The van der Waals surface area contributed by atoms with E-state index < -0.39 is 0 Å². The summed E-state index contributed by atoms with van der Waals surface area (Å²) in [7, 11) is 0. The number of rotatable bonds is 5. The highest BCUT2D eigenvalue weighted by atomic mass is 32.2. The predicted octanol–water partition coefficient (Wildman–Crippen LogP) is 4.31. The average Bonchev–Trinajstić information content (AvgIpc) is 2.65. The van der Waals surface area contributed by atoms with Crippen LogP contribution in [0.3, 0.4) is 0 Å². The first-order valence-electron chi connectivity index (χ1n) is 9.18. The van der Waals surface area contributed by atoms with Crippen molar-refractivity contribution >= 4 is 17.7 Å². The van der Waals surface area contributed by atoms with Gasteiger partial charge in [-0.15, -0.1) is 11.8 Å². The van der Waals surface area contributed by atoms with Crippen molar-refractivity contribution in [2.45, 2.75) is 37.1 Å². The molecule has 1 amide bonds. The molecule has 2 atom stereocenters. The molecule has 0 saturated carbocycles. The van der Waals surface area contributed by atoms with E-state index in [1.165, 1.54) is 16.0 Å². The third kappa shape index (κ3) is 3.97. The normalized spacial score (nSPS) is 23.7. The van der Waals surface area contributed by atoms with Crippen LogP contribution in [0, 0.1) is 5.92 Å². The molecule has 0 bridgehead atoms. The molecule has 138 valence electrons. The molecule has 1 saturated heterocycles. The second-order valence-corrected chi connectivity index (χ2v) is 8.48. The maximum absolute atomic E-state index is 11.5. The number of amides is 1. The van der Waals surface area contributed by atoms with Crippen LogP contribution in [-0.2, 0) is 12.0 Å². The van der Waals surface area contributed by atoms with Gasteiger partial charge in [-0.3, -0.25) is 9.69 Å². The van der Waals surface area contributed by atoms with E-state index in [4.69, 9.17) is 5.73 Å². The molecule has 0 unspecified atom stereocenters. The van der Waals surface area contributed by atoms with Gasteiger partial charge < -0.3 is 5.73 Å². The lowest BCUT2D eigenvalue weighted by Crippen LogP contribution is -2.47. The van der Waals surface area contributed by atoms with Crippen LogP contribution in [0.15, 0.2) is 53.4 Å². The highest BCUT2D eigenvalue weighted by Gasteiger charge is 2.38. The van der Waals surface area contributed by atoms with Crippen LogP contribution < -0.4 is 5.73 Å². The molecule has 0 spiro atoms. The highest BCUT2D eigenvalue weighted by Crippen LogP contribution is 2.40. The first kappa shape index (κ1) is 19.0. The third-order valence-corrected chi connectivity index (χ3v) is 6.68. The third-order valence-electron chi connectivity index (χ3n) is 5.94. The summed E-state index contributed by atoms with van der Waals surface area (Å²) in [6.45, 7) is 7.76. The summed E-state index contributed by atoms with van der Waals surface area (Å²) in [4.78, 5) is 15.4. The van der Waals surface area contributed by atoms with Gasteiger partial charge in [0.05, 0.1) is 0 Å². The summed E-state index contributed by atoms with van der Waals surface area (Å²) in [5.41, 5.74) is 8.74. The van der Waals surface area contributed by atoms with Gasteiger partial charge in [-0.1, -0.05) is 38.1 Å². The highest BCUT2D eigenvalue weighted by molar-refractivity contribution is 7.98. The Hall–Kier alpha value is -1.78. The Morgan fingerprint density at radius 1 is 1.27 bits per heavy atom. The number of carbonyl (C=O) groups excluding carboxylic acids is 1. The Morgan fingerprint density at radius 3 is 2.62 bits per heavy atom. The zero-order valence-electron chi connectivity index (χ0n) is 15.9. The lowest BCUT2D eigenvalue weighted by Gasteiger charge is -2.45. The lowest BCUT2D eigenvalue weighted by atomic mass is 9.68. The number of carbonyl (C=O) groups is 1. The molecule has 0 aromatic heterocycles. The maximum Gasteiger partial charge on any atom is 0.248 e. The van der Waals surface area contributed by atoms with Crippen molar-refractivity contribution in [3.8, 4) is 0 Å². The van der Waals surface area contributed by atoms with Gasteiger partial charge in [-0.25, -0.2) is 0 Å². The summed E-state index contributed by atoms with van der Waals surface area (Å²) in [5, 5.41) is 0. The number of thioether (sulfide) groups is 1. The van der Waals surface area contributed by atoms with Gasteiger partial charge in [0.15, 0.2) is 0 Å². The second kappa shape index (κ2) is 7.85. The molecule has 2 aromatic rings. The zero-order chi connectivity index (χ0) is 18.7. The van der Waals surface area contributed by atoms with E-state index >= 15 is 0 Å². The summed E-state index contributed by atoms with van der Waals surface area (Å²) in [5.74, 6) is 0.152. The fourth-order valence-electron chi connectivity index (χ4n) is 3.91. The fourth-order valence-corrected chi connectivity index (χ4v) is 4.31.